The lowest BCUT2D eigenvalue weighted by atomic mass is 9.75. The number of benzene rings is 1. The lowest BCUT2D eigenvalue weighted by Gasteiger charge is -2.45. The molecule has 1 atom stereocenters. The van der Waals surface area contributed by atoms with Crippen LogP contribution in [0.1, 0.15) is 51.5 Å². The zero-order valence-corrected chi connectivity index (χ0v) is 22.5. The van der Waals surface area contributed by atoms with E-state index in [0.29, 0.717) is 41.0 Å². The second-order valence-electron chi connectivity index (χ2n) is 10.2. The number of hydrogen-bond acceptors (Lipinski definition) is 7. The molecule has 190 valence electrons. The van der Waals surface area contributed by atoms with Crippen LogP contribution in [-0.4, -0.2) is 53.8 Å². The van der Waals surface area contributed by atoms with Gasteiger partial charge in [0.2, 0.25) is 18.2 Å². The fraction of sp³-hybridized carbons (Fsp3) is 0.577. The zero-order chi connectivity index (χ0) is 25.0. The number of rotatable bonds is 13. The first-order valence-electron chi connectivity index (χ1n) is 12.2. The van der Waals surface area contributed by atoms with Crippen molar-refractivity contribution in [2.45, 2.75) is 69.9 Å². The Hall–Kier alpha value is -2.03. The Morgan fingerprint density at radius 2 is 2.03 bits per heavy atom. The predicted molar refractivity (Wildman–Crippen MR) is 140 cm³/mol. The zero-order valence-electron chi connectivity index (χ0n) is 20.9. The number of carbonyl (C=O) groups excluding carboxylic acids is 1. The summed E-state index contributed by atoms with van der Waals surface area (Å²) in [7, 11) is 1.63. The number of aryl methyl sites for hydroxylation is 1. The van der Waals surface area contributed by atoms with Gasteiger partial charge < -0.3 is 14.4 Å². The Kier molecular flexibility index (Phi) is 8.45. The van der Waals surface area contributed by atoms with Gasteiger partial charge in [-0.15, -0.1) is 0 Å². The monoisotopic (exact) mass is 518 g/mol. The van der Waals surface area contributed by atoms with Gasteiger partial charge in [0.15, 0.2) is 0 Å². The molecule has 0 unspecified atom stereocenters. The molecule has 0 N–H and O–H groups in total. The summed E-state index contributed by atoms with van der Waals surface area (Å²) < 4.78 is 13.4. The Morgan fingerprint density at radius 3 is 2.66 bits per heavy atom. The van der Waals surface area contributed by atoms with Crippen molar-refractivity contribution in [3.05, 3.63) is 41.0 Å². The number of methoxy groups -OCH3 is 1. The molecule has 2 fully saturated rings. The van der Waals surface area contributed by atoms with Crippen LogP contribution in [0.25, 0.3) is 0 Å². The summed E-state index contributed by atoms with van der Waals surface area (Å²) in [6, 6.07) is 10.1. The first-order valence-corrected chi connectivity index (χ1v) is 13.4. The molecular formula is C26H35ClN4O3S. The molecule has 1 amide bonds. The van der Waals surface area contributed by atoms with E-state index in [-0.39, 0.29) is 12.8 Å². The lowest BCUT2D eigenvalue weighted by Crippen LogP contribution is -2.52. The van der Waals surface area contributed by atoms with Gasteiger partial charge in [-0.25, -0.2) is 0 Å². The second kappa shape index (κ2) is 11.4. The van der Waals surface area contributed by atoms with E-state index >= 15 is 0 Å². The molecule has 9 heteroatoms. The van der Waals surface area contributed by atoms with Gasteiger partial charge in [0.25, 0.3) is 0 Å². The van der Waals surface area contributed by atoms with Gasteiger partial charge in [0, 0.05) is 24.1 Å². The van der Waals surface area contributed by atoms with Gasteiger partial charge in [-0.1, -0.05) is 37.6 Å². The van der Waals surface area contributed by atoms with Crippen molar-refractivity contribution < 1.29 is 14.3 Å². The molecule has 2 saturated carbocycles. The average Bonchev–Trinajstić information content (AvgIpc) is 3.58. The standard InChI is InChI=1S/C26H35ClN4O3S/c1-18(2)10-20(30(16-32)21-13-26(14-21)8-9-26)15-34-24-12-23(27)28-25(29-24)31(17-33-4)35-22-7-5-6-19(3)11-22/h5-7,11-12,16,18,20-21H,8-10,13-15,17H2,1-4H3/t20-/m1/s1. The summed E-state index contributed by atoms with van der Waals surface area (Å²) in [4.78, 5) is 24.1. The highest BCUT2D eigenvalue weighted by atomic mass is 35.5. The van der Waals surface area contributed by atoms with Crippen molar-refractivity contribution >= 4 is 35.9 Å². The predicted octanol–water partition coefficient (Wildman–Crippen LogP) is 5.75. The number of carbonyl (C=O) groups is 1. The van der Waals surface area contributed by atoms with E-state index in [2.05, 4.69) is 42.9 Å². The minimum atomic E-state index is -0.0115. The van der Waals surface area contributed by atoms with Crippen LogP contribution < -0.4 is 9.04 Å². The minimum Gasteiger partial charge on any atom is -0.475 e. The van der Waals surface area contributed by atoms with Crippen molar-refractivity contribution in [2.24, 2.45) is 11.3 Å². The molecule has 1 aromatic heterocycles. The van der Waals surface area contributed by atoms with Crippen LogP contribution in [0.2, 0.25) is 5.15 Å². The van der Waals surface area contributed by atoms with Crippen molar-refractivity contribution in [1.82, 2.24) is 14.9 Å². The summed E-state index contributed by atoms with van der Waals surface area (Å²) in [5.74, 6) is 1.23. The van der Waals surface area contributed by atoms with Crippen LogP contribution >= 0.6 is 23.5 Å². The quantitative estimate of drug-likeness (QED) is 0.145. The van der Waals surface area contributed by atoms with E-state index in [1.165, 1.54) is 30.4 Å². The number of ether oxygens (including phenoxy) is 2. The van der Waals surface area contributed by atoms with Crippen LogP contribution in [-0.2, 0) is 9.53 Å². The van der Waals surface area contributed by atoms with Gasteiger partial charge in [0.05, 0.1) is 6.04 Å². The summed E-state index contributed by atoms with van der Waals surface area (Å²) >= 11 is 7.83. The molecule has 0 saturated heterocycles. The van der Waals surface area contributed by atoms with Gasteiger partial charge in [-0.2, -0.15) is 9.97 Å². The summed E-state index contributed by atoms with van der Waals surface area (Å²) in [6.45, 7) is 7.03. The molecule has 35 heavy (non-hydrogen) atoms. The molecule has 1 heterocycles. The molecule has 1 spiro atoms. The van der Waals surface area contributed by atoms with Crippen LogP contribution in [0.5, 0.6) is 5.88 Å². The van der Waals surface area contributed by atoms with Crippen molar-refractivity contribution in [3.8, 4) is 5.88 Å². The van der Waals surface area contributed by atoms with Crippen LogP contribution in [0.3, 0.4) is 0 Å². The fourth-order valence-electron chi connectivity index (χ4n) is 4.82. The summed E-state index contributed by atoms with van der Waals surface area (Å²) in [5, 5.41) is 0.290. The summed E-state index contributed by atoms with van der Waals surface area (Å²) in [5.41, 5.74) is 1.70. The molecule has 7 nitrogen and oxygen atoms in total. The lowest BCUT2D eigenvalue weighted by molar-refractivity contribution is -0.128. The topological polar surface area (TPSA) is 67.8 Å². The maximum Gasteiger partial charge on any atom is 0.242 e. The first-order chi connectivity index (χ1) is 16.8. The highest BCUT2D eigenvalue weighted by Gasteiger charge is 2.55. The Bertz CT molecular complexity index is 1010. The molecule has 0 radical (unpaired) electrons. The van der Waals surface area contributed by atoms with Crippen LogP contribution in [0.4, 0.5) is 5.95 Å². The molecule has 2 aliphatic carbocycles. The third-order valence-corrected chi connectivity index (χ3v) is 7.91. The van der Waals surface area contributed by atoms with Gasteiger partial charge in [0.1, 0.15) is 18.5 Å². The number of anilines is 1. The number of aromatic nitrogens is 2. The van der Waals surface area contributed by atoms with Crippen LogP contribution in [0.15, 0.2) is 35.2 Å². The van der Waals surface area contributed by atoms with Gasteiger partial charge in [-0.3, -0.25) is 9.10 Å². The number of amides is 1. The van der Waals surface area contributed by atoms with E-state index in [1.807, 2.05) is 21.3 Å². The highest BCUT2D eigenvalue weighted by molar-refractivity contribution is 8.00. The second-order valence-corrected chi connectivity index (χ2v) is 11.7. The molecular weight excluding hydrogens is 484 g/mol. The summed E-state index contributed by atoms with van der Waals surface area (Å²) in [6.07, 6.45) is 6.73. The first kappa shape index (κ1) is 26.0. The Morgan fingerprint density at radius 1 is 1.26 bits per heavy atom. The van der Waals surface area contributed by atoms with E-state index < -0.39 is 0 Å². The third kappa shape index (κ3) is 6.80. The molecule has 0 aliphatic heterocycles. The molecule has 2 aliphatic rings. The van der Waals surface area contributed by atoms with E-state index in [4.69, 9.17) is 21.1 Å². The fourth-order valence-corrected chi connectivity index (χ4v) is 5.94. The van der Waals surface area contributed by atoms with Crippen molar-refractivity contribution in [3.63, 3.8) is 0 Å². The number of hydrogen-bond donors (Lipinski definition) is 0. The number of halogens is 1. The largest absolute Gasteiger partial charge is 0.475 e. The minimum absolute atomic E-state index is 0.0115. The van der Waals surface area contributed by atoms with Crippen molar-refractivity contribution in [2.75, 3.05) is 24.8 Å². The Balaban J connectivity index is 1.47. The van der Waals surface area contributed by atoms with E-state index in [0.717, 1.165) is 30.6 Å². The van der Waals surface area contributed by atoms with Crippen molar-refractivity contribution in [1.29, 1.82) is 0 Å². The van der Waals surface area contributed by atoms with Gasteiger partial charge >= 0.3 is 0 Å². The van der Waals surface area contributed by atoms with Gasteiger partial charge in [-0.05, 0) is 80.0 Å². The number of nitrogens with zero attached hydrogens (tertiary/aromatic N) is 4. The Labute approximate surface area is 217 Å². The molecule has 1 aromatic carbocycles. The molecule has 2 aromatic rings. The highest BCUT2D eigenvalue weighted by Crippen LogP contribution is 2.62. The van der Waals surface area contributed by atoms with E-state index in [1.54, 1.807) is 13.2 Å². The molecule has 0 bridgehead atoms. The SMILES string of the molecule is COCN(Sc1cccc(C)c1)c1nc(Cl)cc(OC[C@@H](CC(C)C)N(C=O)C2CC3(CC3)C2)n1. The maximum absolute atomic E-state index is 12.1. The van der Waals surface area contributed by atoms with Crippen LogP contribution in [0, 0.1) is 18.3 Å². The smallest absolute Gasteiger partial charge is 0.242 e. The average molecular weight is 519 g/mol. The maximum atomic E-state index is 12.1. The molecule has 4 rings (SSSR count). The normalized spacial score (nSPS) is 17.2. The van der Waals surface area contributed by atoms with E-state index in [9.17, 15) is 4.79 Å². The third-order valence-electron chi connectivity index (χ3n) is 6.76.